The van der Waals surface area contributed by atoms with Crippen LogP contribution in [0.3, 0.4) is 0 Å². The van der Waals surface area contributed by atoms with Gasteiger partial charge in [-0.25, -0.2) is 0 Å². The smallest absolute Gasteiger partial charge is 0.231 e. The second-order valence-corrected chi connectivity index (χ2v) is 6.18. The maximum atomic E-state index is 12.4. The molecular weight excluding hydrogens is 380 g/mol. The van der Waals surface area contributed by atoms with E-state index in [1.165, 1.54) is 39.5 Å². The van der Waals surface area contributed by atoms with Crippen LogP contribution < -0.4 is 14.2 Å². The Labute approximate surface area is 168 Å². The van der Waals surface area contributed by atoms with Crippen molar-refractivity contribution in [2.75, 3.05) is 34.5 Å². The van der Waals surface area contributed by atoms with Gasteiger partial charge in [-0.2, -0.15) is 0 Å². The van der Waals surface area contributed by atoms with E-state index in [9.17, 15) is 19.8 Å². The summed E-state index contributed by atoms with van der Waals surface area (Å²) < 4.78 is 20.9. The van der Waals surface area contributed by atoms with Crippen molar-refractivity contribution in [2.24, 2.45) is 0 Å². The van der Waals surface area contributed by atoms with Crippen LogP contribution >= 0.6 is 0 Å². The summed E-state index contributed by atoms with van der Waals surface area (Å²) in [7, 11) is 4.28. The van der Waals surface area contributed by atoms with Gasteiger partial charge in [-0.3, -0.25) is 9.59 Å². The zero-order valence-corrected chi connectivity index (χ0v) is 16.6. The molecule has 2 aromatic carbocycles. The van der Waals surface area contributed by atoms with Gasteiger partial charge in [0.25, 0.3) is 0 Å². The van der Waals surface area contributed by atoms with Crippen LogP contribution in [-0.4, -0.2) is 56.3 Å². The van der Waals surface area contributed by atoms with E-state index in [1.54, 1.807) is 12.1 Å². The third-order valence-corrected chi connectivity index (χ3v) is 4.13. The van der Waals surface area contributed by atoms with Gasteiger partial charge in [0, 0.05) is 18.2 Å². The first kappa shape index (κ1) is 22.0. The number of aromatic hydroxyl groups is 2. The lowest BCUT2D eigenvalue weighted by Crippen LogP contribution is -2.20. The number of Topliss-reactive ketones (excluding diaryl/α,β-unsaturated/α-hetero) is 2. The highest BCUT2D eigenvalue weighted by Gasteiger charge is 2.21. The van der Waals surface area contributed by atoms with Gasteiger partial charge in [-0.1, -0.05) is 0 Å². The molecule has 0 aliphatic rings. The summed E-state index contributed by atoms with van der Waals surface area (Å²) in [6.07, 6.45) is 1.09. The number of phenols is 2. The lowest BCUT2D eigenvalue weighted by atomic mass is 10.1. The van der Waals surface area contributed by atoms with Crippen molar-refractivity contribution in [1.82, 2.24) is 0 Å². The van der Waals surface area contributed by atoms with Crippen LogP contribution in [0.5, 0.6) is 28.7 Å². The number of ether oxygens (including phenoxy) is 4. The van der Waals surface area contributed by atoms with Crippen molar-refractivity contribution in [1.29, 1.82) is 0 Å². The number of benzene rings is 2. The molecule has 0 saturated carbocycles. The summed E-state index contributed by atoms with van der Waals surface area (Å²) in [5, 5.41) is 18.9. The second kappa shape index (κ2) is 10.3. The Kier molecular flexibility index (Phi) is 7.85. The minimum absolute atomic E-state index is 0.0213. The van der Waals surface area contributed by atoms with Crippen LogP contribution in [-0.2, 0) is 16.0 Å². The summed E-state index contributed by atoms with van der Waals surface area (Å²) in [5.74, 6) is -0.583. The number of hydrogen-bond donors (Lipinski definition) is 2. The van der Waals surface area contributed by atoms with Gasteiger partial charge in [-0.05, 0) is 42.7 Å². The van der Waals surface area contributed by atoms with Crippen molar-refractivity contribution in [3.63, 3.8) is 0 Å². The number of phenolic OH excluding ortho intramolecular Hbond substituents is 2. The van der Waals surface area contributed by atoms with Gasteiger partial charge in [0.2, 0.25) is 17.3 Å². The molecule has 2 aromatic rings. The molecule has 156 valence electrons. The van der Waals surface area contributed by atoms with Crippen LogP contribution in [0.2, 0.25) is 0 Å². The fourth-order valence-corrected chi connectivity index (χ4v) is 2.78. The van der Waals surface area contributed by atoms with E-state index in [0.29, 0.717) is 18.6 Å². The molecule has 8 nitrogen and oxygen atoms in total. The molecule has 29 heavy (non-hydrogen) atoms. The summed E-state index contributed by atoms with van der Waals surface area (Å²) in [6.45, 7) is -0.120. The van der Waals surface area contributed by atoms with E-state index in [4.69, 9.17) is 18.9 Å². The van der Waals surface area contributed by atoms with Gasteiger partial charge in [0.15, 0.2) is 11.5 Å². The van der Waals surface area contributed by atoms with Crippen molar-refractivity contribution in [3.05, 3.63) is 41.5 Å². The van der Waals surface area contributed by atoms with Crippen molar-refractivity contribution < 1.29 is 38.7 Å². The Balaban J connectivity index is 1.90. The molecule has 0 aliphatic carbocycles. The predicted octanol–water partition coefficient (Wildman–Crippen LogP) is 2.52. The highest BCUT2D eigenvalue weighted by Crippen LogP contribution is 2.38. The number of rotatable bonds is 11. The lowest BCUT2D eigenvalue weighted by Gasteiger charge is -2.13. The van der Waals surface area contributed by atoms with Crippen LogP contribution in [0, 0.1) is 0 Å². The quantitative estimate of drug-likeness (QED) is 0.334. The van der Waals surface area contributed by atoms with Gasteiger partial charge < -0.3 is 29.2 Å². The number of hydrogen-bond acceptors (Lipinski definition) is 8. The zero-order valence-electron chi connectivity index (χ0n) is 16.6. The molecule has 2 rings (SSSR count). The summed E-state index contributed by atoms with van der Waals surface area (Å²) >= 11 is 0. The highest BCUT2D eigenvalue weighted by atomic mass is 16.5. The second-order valence-electron chi connectivity index (χ2n) is 6.18. The number of aryl methyl sites for hydroxylation is 1. The number of methoxy groups -OCH3 is 3. The standard InChI is InChI=1S/C21H24O8/c1-26-18-9-14(10-19(27-2)21(18)28-3)20(25)17(24)12-29-6-4-5-13-7-15(22)11-16(23)8-13/h7-11,22-23H,4-6,12H2,1-3H3. The zero-order chi connectivity index (χ0) is 21.4. The maximum absolute atomic E-state index is 12.4. The maximum Gasteiger partial charge on any atom is 0.231 e. The Morgan fingerprint density at radius 1 is 0.862 bits per heavy atom. The fourth-order valence-electron chi connectivity index (χ4n) is 2.78. The van der Waals surface area contributed by atoms with Crippen molar-refractivity contribution >= 4 is 11.6 Å². The highest BCUT2D eigenvalue weighted by molar-refractivity contribution is 6.44. The first-order valence-electron chi connectivity index (χ1n) is 8.86. The Morgan fingerprint density at radius 2 is 1.45 bits per heavy atom. The van der Waals surface area contributed by atoms with Crippen LogP contribution in [0.1, 0.15) is 22.3 Å². The molecule has 0 radical (unpaired) electrons. The minimum Gasteiger partial charge on any atom is -0.508 e. The molecule has 0 amide bonds. The first-order valence-corrected chi connectivity index (χ1v) is 8.86. The molecule has 0 heterocycles. The summed E-state index contributed by atoms with van der Waals surface area (Å²) in [4.78, 5) is 24.6. The predicted molar refractivity (Wildman–Crippen MR) is 104 cm³/mol. The summed E-state index contributed by atoms with van der Waals surface area (Å²) in [6, 6.07) is 7.15. The molecule has 0 saturated heterocycles. The Morgan fingerprint density at radius 3 is 1.97 bits per heavy atom. The van der Waals surface area contributed by atoms with E-state index < -0.39 is 11.6 Å². The van der Waals surface area contributed by atoms with Crippen molar-refractivity contribution in [3.8, 4) is 28.7 Å². The van der Waals surface area contributed by atoms with E-state index >= 15 is 0 Å². The molecule has 0 aromatic heterocycles. The Hall–Kier alpha value is -3.26. The SMILES string of the molecule is COc1cc(C(=O)C(=O)COCCCc2cc(O)cc(O)c2)cc(OC)c1OC. The van der Waals surface area contributed by atoms with E-state index in [0.717, 1.165) is 5.56 Å². The van der Waals surface area contributed by atoms with Crippen LogP contribution in [0.15, 0.2) is 30.3 Å². The first-order chi connectivity index (χ1) is 13.9. The molecule has 0 aliphatic heterocycles. The van der Waals surface area contributed by atoms with E-state index in [2.05, 4.69) is 0 Å². The normalized spacial score (nSPS) is 10.4. The lowest BCUT2D eigenvalue weighted by molar-refractivity contribution is -0.119. The molecule has 0 atom stereocenters. The van der Waals surface area contributed by atoms with Gasteiger partial charge in [0.05, 0.1) is 21.3 Å². The third kappa shape index (κ3) is 5.86. The molecule has 0 bridgehead atoms. The molecule has 0 spiro atoms. The van der Waals surface area contributed by atoms with Gasteiger partial charge in [0.1, 0.15) is 18.1 Å². The fraction of sp³-hybridized carbons (Fsp3) is 0.333. The van der Waals surface area contributed by atoms with E-state index in [1.807, 2.05) is 0 Å². The molecule has 0 fully saturated rings. The molecular formula is C21H24O8. The summed E-state index contributed by atoms with van der Waals surface area (Å²) in [5.41, 5.74) is 0.856. The topological polar surface area (TPSA) is 112 Å². The number of carbonyl (C=O) groups is 2. The average Bonchev–Trinajstić information content (AvgIpc) is 2.70. The van der Waals surface area contributed by atoms with Gasteiger partial charge >= 0.3 is 0 Å². The largest absolute Gasteiger partial charge is 0.508 e. The molecule has 0 unspecified atom stereocenters. The van der Waals surface area contributed by atoms with Gasteiger partial charge in [-0.15, -0.1) is 0 Å². The van der Waals surface area contributed by atoms with Crippen LogP contribution in [0.4, 0.5) is 0 Å². The van der Waals surface area contributed by atoms with E-state index in [-0.39, 0.29) is 41.8 Å². The Bertz CT molecular complexity index is 830. The van der Waals surface area contributed by atoms with Crippen molar-refractivity contribution in [2.45, 2.75) is 12.8 Å². The number of carbonyl (C=O) groups excluding carboxylic acids is 2. The average molecular weight is 404 g/mol. The monoisotopic (exact) mass is 404 g/mol. The minimum atomic E-state index is -0.720. The third-order valence-electron chi connectivity index (χ3n) is 4.13. The molecule has 8 heteroatoms. The molecule has 2 N–H and O–H groups in total. The number of ketones is 2. The van der Waals surface area contributed by atoms with Crippen LogP contribution in [0.25, 0.3) is 0 Å².